The molecular weight excluding hydrogens is 531 g/mol. The summed E-state index contributed by atoms with van der Waals surface area (Å²) in [6.45, 7) is 2.57. The number of non-ortho nitro benzene ring substituents is 1. The quantitative estimate of drug-likeness (QED) is 0.0802. The second-order valence-corrected chi connectivity index (χ2v) is 7.92. The molecule has 2 rings (SSSR count). The number of carboxylic acids is 3. The van der Waals surface area contributed by atoms with Gasteiger partial charge in [-0.2, -0.15) is 0 Å². The van der Waals surface area contributed by atoms with E-state index in [4.69, 9.17) is 4.74 Å². The molecule has 0 N–H and O–H groups in total. The molecule has 0 aliphatic carbocycles. The number of hydrogen-bond donors (Lipinski definition) is 0. The normalized spacial score (nSPS) is 13.9. The molecule has 0 aliphatic heterocycles. The molecule has 0 aliphatic rings. The summed E-state index contributed by atoms with van der Waals surface area (Å²) < 4.78 is 5.29. The van der Waals surface area contributed by atoms with Crippen molar-refractivity contribution in [3.05, 3.63) is 70.3 Å². The van der Waals surface area contributed by atoms with Gasteiger partial charge in [0.05, 0.1) is 10.8 Å². The fourth-order valence-corrected chi connectivity index (χ4v) is 4.10. The van der Waals surface area contributed by atoms with E-state index in [1.54, 1.807) is 37.3 Å². The zero-order valence-electron chi connectivity index (χ0n) is 21.8. The minimum Gasteiger partial charge on any atom is -0.550 e. The number of nitro benzene ring substituents is 1. The number of ether oxygens (including phenoxy) is 1. The molecule has 0 aromatic heterocycles. The minimum atomic E-state index is -2.18. The molecule has 11 nitrogen and oxygen atoms in total. The van der Waals surface area contributed by atoms with E-state index >= 15 is 0 Å². The molecule has 0 saturated heterocycles. The van der Waals surface area contributed by atoms with Crippen molar-refractivity contribution in [2.45, 2.75) is 26.2 Å². The summed E-state index contributed by atoms with van der Waals surface area (Å²) in [5, 5.41) is 46.5. The molecule has 0 saturated carbocycles. The van der Waals surface area contributed by atoms with Crippen LogP contribution in [0.2, 0.25) is 0 Å². The summed E-state index contributed by atoms with van der Waals surface area (Å²) in [7, 11) is 0. The van der Waals surface area contributed by atoms with E-state index in [2.05, 4.69) is 0 Å². The first-order valence-electron chi connectivity index (χ1n) is 10.6. The molecule has 5 unspecified atom stereocenters. The van der Waals surface area contributed by atoms with Gasteiger partial charge in [0, 0.05) is 47.8 Å². The zero-order chi connectivity index (χ0) is 26.3. The fraction of sp³-hybridized carbons (Fsp3) is 0.333. The minimum absolute atomic E-state index is 0. The van der Waals surface area contributed by atoms with Crippen molar-refractivity contribution in [1.29, 1.82) is 0 Å². The van der Waals surface area contributed by atoms with Crippen LogP contribution >= 0.6 is 0 Å². The van der Waals surface area contributed by atoms with Gasteiger partial charge in [-0.25, -0.2) is 0 Å². The van der Waals surface area contributed by atoms with Crippen LogP contribution in [-0.2, 0) is 19.2 Å². The van der Waals surface area contributed by atoms with Crippen LogP contribution in [0.4, 0.5) is 5.69 Å². The number of aliphatic carboxylic acids is 3. The third-order valence-corrected chi connectivity index (χ3v) is 5.87. The van der Waals surface area contributed by atoms with Crippen LogP contribution in [0, 0.1) is 33.8 Å². The van der Waals surface area contributed by atoms with Gasteiger partial charge in [-0.3, -0.25) is 14.9 Å². The van der Waals surface area contributed by atoms with E-state index in [0.717, 1.165) is 31.2 Å². The molecule has 38 heavy (non-hydrogen) atoms. The topological polar surface area (TPSA) is 190 Å². The predicted octanol–water partition coefficient (Wildman–Crippen LogP) is -9.56. The Labute approximate surface area is 285 Å². The van der Waals surface area contributed by atoms with Gasteiger partial charge in [-0.15, -0.1) is 0 Å². The number of benzene rings is 2. The third-order valence-electron chi connectivity index (χ3n) is 5.87. The fourth-order valence-electron chi connectivity index (χ4n) is 4.10. The Balaban J connectivity index is 0. The van der Waals surface area contributed by atoms with Gasteiger partial charge >= 0.3 is 94.6 Å². The maximum Gasteiger partial charge on any atom is 1.00 e. The summed E-state index contributed by atoms with van der Waals surface area (Å²) in [6.07, 6.45) is 0.146. The monoisotopic (exact) mass is 553 g/mol. The molecule has 0 fully saturated rings. The van der Waals surface area contributed by atoms with E-state index in [0.29, 0.717) is 5.56 Å². The molecular formula is C24H22NNa3O10. The van der Waals surface area contributed by atoms with E-state index in [-0.39, 0.29) is 107 Å². The number of carboxylic acid groups (broad SMARTS) is 3. The van der Waals surface area contributed by atoms with Crippen LogP contribution in [0.5, 0.6) is 5.75 Å². The van der Waals surface area contributed by atoms with E-state index in [1.807, 2.05) is 0 Å². The van der Waals surface area contributed by atoms with Crippen LogP contribution in [0.3, 0.4) is 0 Å². The van der Waals surface area contributed by atoms with Gasteiger partial charge in [0.25, 0.3) is 5.69 Å². The predicted molar refractivity (Wildman–Crippen MR) is 113 cm³/mol. The molecule has 2 aromatic rings. The first-order chi connectivity index (χ1) is 16.5. The number of hydrogen-bond acceptors (Lipinski definition) is 10. The number of nitrogens with zero attached hydrogens (tertiary/aromatic N) is 1. The van der Waals surface area contributed by atoms with Crippen LogP contribution in [0.25, 0.3) is 0 Å². The van der Waals surface area contributed by atoms with Crippen molar-refractivity contribution in [2.24, 2.45) is 23.7 Å². The van der Waals surface area contributed by atoms with Gasteiger partial charge in [0.1, 0.15) is 5.75 Å². The van der Waals surface area contributed by atoms with Gasteiger partial charge in [-0.05, 0) is 30.0 Å². The Morgan fingerprint density at radius 2 is 1.29 bits per heavy atom. The summed E-state index contributed by atoms with van der Waals surface area (Å²) in [4.78, 5) is 59.2. The van der Waals surface area contributed by atoms with Crippen molar-refractivity contribution in [1.82, 2.24) is 0 Å². The standard InChI is InChI=1S/C24H25NO10.3Na/c1-3-17(14-7-5-4-6-8-14)19(20(23(30)31)18(22(28)29)13(2)21(26)27)24(32)35-16-11-9-15(10-12-16)25(33)34;;;/h4-13,17-20H,3H2,1-2H3,(H,26,27)(H,28,29)(H,30,31);;;/q;3*+1/p-3. The molecule has 0 heterocycles. The second kappa shape index (κ2) is 18.1. The summed E-state index contributed by atoms with van der Waals surface area (Å²) >= 11 is 0. The van der Waals surface area contributed by atoms with E-state index in [1.165, 1.54) is 0 Å². The van der Waals surface area contributed by atoms with Crippen molar-refractivity contribution in [2.75, 3.05) is 0 Å². The van der Waals surface area contributed by atoms with Crippen molar-refractivity contribution >= 4 is 29.6 Å². The van der Waals surface area contributed by atoms with Crippen molar-refractivity contribution < 1.29 is 133 Å². The van der Waals surface area contributed by atoms with Gasteiger partial charge in [-0.1, -0.05) is 44.2 Å². The van der Waals surface area contributed by atoms with Crippen molar-refractivity contribution in [3.8, 4) is 5.75 Å². The summed E-state index contributed by atoms with van der Waals surface area (Å²) in [5.41, 5.74) is 0.189. The Kier molecular flexibility index (Phi) is 18.6. The van der Waals surface area contributed by atoms with Gasteiger partial charge in [0.2, 0.25) is 0 Å². The summed E-state index contributed by atoms with van der Waals surface area (Å²) in [5.74, 6) is -16.0. The van der Waals surface area contributed by atoms with E-state index in [9.17, 15) is 44.6 Å². The Morgan fingerprint density at radius 1 is 0.789 bits per heavy atom. The molecule has 0 radical (unpaired) electrons. The summed E-state index contributed by atoms with van der Waals surface area (Å²) in [6, 6.07) is 12.5. The molecule has 2 aromatic carbocycles. The Bertz CT molecular complexity index is 1100. The van der Waals surface area contributed by atoms with E-state index < -0.39 is 58.4 Å². The first kappa shape index (κ1) is 38.9. The number of carbonyl (C=O) groups is 4. The Morgan fingerprint density at radius 3 is 1.68 bits per heavy atom. The van der Waals surface area contributed by atoms with Crippen LogP contribution < -0.4 is 109 Å². The van der Waals surface area contributed by atoms with Crippen LogP contribution in [-0.4, -0.2) is 28.8 Å². The first-order valence-corrected chi connectivity index (χ1v) is 10.6. The number of esters is 1. The SMILES string of the molecule is CCC(c1ccccc1)C(C(=O)Oc1ccc([N+](=O)[O-])cc1)C(C(=O)[O-])C(C(=O)[O-])C(C)C(=O)[O-].[Na+].[Na+].[Na+]. The molecule has 186 valence electrons. The molecule has 0 spiro atoms. The number of carbonyl (C=O) groups excluding carboxylic acids is 4. The maximum atomic E-state index is 13.3. The number of rotatable bonds is 12. The average molecular weight is 553 g/mol. The van der Waals surface area contributed by atoms with Crippen LogP contribution in [0.1, 0.15) is 31.7 Å². The second-order valence-electron chi connectivity index (χ2n) is 7.92. The van der Waals surface area contributed by atoms with Crippen molar-refractivity contribution in [3.63, 3.8) is 0 Å². The molecule has 0 amide bonds. The van der Waals surface area contributed by atoms with Crippen LogP contribution in [0.15, 0.2) is 54.6 Å². The zero-order valence-corrected chi connectivity index (χ0v) is 27.8. The smallest absolute Gasteiger partial charge is 0.550 e. The average Bonchev–Trinajstić information content (AvgIpc) is 2.81. The molecule has 14 heteroatoms. The molecule has 5 atom stereocenters. The maximum absolute atomic E-state index is 13.3. The van der Waals surface area contributed by atoms with Gasteiger partial charge in [0.15, 0.2) is 0 Å². The number of nitro groups is 1. The Hall–Kier alpha value is -1.28. The van der Waals surface area contributed by atoms with Gasteiger partial charge < -0.3 is 34.4 Å². The third kappa shape index (κ3) is 10.0. The molecule has 0 bridgehead atoms. The largest absolute Gasteiger partial charge is 1.00 e.